The van der Waals surface area contributed by atoms with Crippen molar-refractivity contribution in [3.63, 3.8) is 0 Å². The number of methoxy groups -OCH3 is 1. The highest BCUT2D eigenvalue weighted by Gasteiger charge is 2.43. The fourth-order valence-corrected chi connectivity index (χ4v) is 4.89. The van der Waals surface area contributed by atoms with E-state index in [1.807, 2.05) is 0 Å². The quantitative estimate of drug-likeness (QED) is 0.619. The summed E-state index contributed by atoms with van der Waals surface area (Å²) in [5.41, 5.74) is 0.139. The number of hydrogen-bond donors (Lipinski definition) is 0. The third-order valence-electron chi connectivity index (χ3n) is 4.68. The number of halogens is 2. The molecule has 1 heterocycles. The van der Waals surface area contributed by atoms with E-state index in [1.54, 1.807) is 30.3 Å². The maximum atomic E-state index is 14.4. The molecule has 0 bridgehead atoms. The van der Waals surface area contributed by atoms with Gasteiger partial charge in [-0.05, 0) is 42.0 Å². The maximum Gasteiger partial charge on any atom is 0.343 e. The number of benzene rings is 3. The summed E-state index contributed by atoms with van der Waals surface area (Å²) < 4.78 is 60.0. The van der Waals surface area contributed by atoms with Crippen LogP contribution in [0.3, 0.4) is 0 Å². The third kappa shape index (κ3) is 3.26. The molecule has 9 heteroatoms. The molecule has 2 amide bonds. The molecule has 3 aromatic carbocycles. The summed E-state index contributed by atoms with van der Waals surface area (Å²) in [6, 6.07) is 14.1. The third-order valence-corrected chi connectivity index (χ3v) is 6.42. The van der Waals surface area contributed by atoms with Crippen LogP contribution in [0.25, 0.3) is 0 Å². The van der Waals surface area contributed by atoms with Crippen molar-refractivity contribution in [3.8, 4) is 5.75 Å². The average molecular weight is 430 g/mol. The molecule has 0 fully saturated rings. The van der Waals surface area contributed by atoms with Crippen LogP contribution in [0, 0.1) is 11.6 Å². The van der Waals surface area contributed by atoms with E-state index < -0.39 is 33.4 Å². The predicted octanol–water partition coefficient (Wildman–Crippen LogP) is 4.31. The molecule has 6 nitrogen and oxygen atoms in total. The monoisotopic (exact) mass is 430 g/mol. The van der Waals surface area contributed by atoms with Gasteiger partial charge in [0.1, 0.15) is 28.0 Å². The van der Waals surface area contributed by atoms with Gasteiger partial charge in [0.15, 0.2) is 0 Å². The molecule has 0 aliphatic carbocycles. The van der Waals surface area contributed by atoms with Crippen molar-refractivity contribution in [2.75, 3.05) is 16.3 Å². The first kappa shape index (κ1) is 19.8. The van der Waals surface area contributed by atoms with Gasteiger partial charge in [-0.1, -0.05) is 24.3 Å². The number of carbonyl (C=O) groups is 1. The summed E-state index contributed by atoms with van der Waals surface area (Å²) in [4.78, 5) is 14.3. The van der Waals surface area contributed by atoms with Gasteiger partial charge in [-0.2, -0.15) is 4.31 Å². The molecule has 0 spiro atoms. The number of amides is 2. The van der Waals surface area contributed by atoms with Crippen molar-refractivity contribution >= 4 is 27.4 Å². The summed E-state index contributed by atoms with van der Waals surface area (Å²) in [7, 11) is -2.95. The van der Waals surface area contributed by atoms with Gasteiger partial charge in [0.2, 0.25) is 0 Å². The van der Waals surface area contributed by atoms with E-state index in [4.69, 9.17) is 4.74 Å². The lowest BCUT2D eigenvalue weighted by Crippen LogP contribution is -2.51. The van der Waals surface area contributed by atoms with Crippen LogP contribution in [0.2, 0.25) is 0 Å². The van der Waals surface area contributed by atoms with Gasteiger partial charge >= 0.3 is 6.03 Å². The Labute approximate surface area is 172 Å². The van der Waals surface area contributed by atoms with Crippen molar-refractivity contribution in [2.45, 2.75) is 11.4 Å². The largest absolute Gasteiger partial charge is 0.497 e. The number of rotatable bonds is 4. The van der Waals surface area contributed by atoms with Crippen LogP contribution in [0.1, 0.15) is 5.56 Å². The summed E-state index contributed by atoms with van der Waals surface area (Å²) in [5.74, 6) is -1.34. The van der Waals surface area contributed by atoms with Crippen LogP contribution in [-0.4, -0.2) is 21.6 Å². The number of anilines is 2. The van der Waals surface area contributed by atoms with Crippen molar-refractivity contribution < 1.29 is 26.7 Å². The Bertz CT molecular complexity index is 1250. The van der Waals surface area contributed by atoms with Gasteiger partial charge in [0.25, 0.3) is 10.0 Å². The number of urea groups is 1. The van der Waals surface area contributed by atoms with Crippen molar-refractivity contribution in [2.24, 2.45) is 0 Å². The SMILES string of the molecule is COc1cccc(CN2C(=O)N(c3cc(F)ccc3F)S(=O)(=O)c3ccccc32)c1. The first-order valence-electron chi connectivity index (χ1n) is 8.87. The number of para-hydroxylation sites is 1. The smallest absolute Gasteiger partial charge is 0.343 e. The number of hydrogen-bond acceptors (Lipinski definition) is 4. The number of nitrogens with zero attached hydrogens (tertiary/aromatic N) is 2. The second kappa shape index (κ2) is 7.42. The minimum absolute atomic E-state index is 0.00397. The highest BCUT2D eigenvalue weighted by molar-refractivity contribution is 7.94. The average Bonchev–Trinajstić information content (AvgIpc) is 2.74. The van der Waals surface area contributed by atoms with Crippen molar-refractivity contribution in [1.82, 2.24) is 0 Å². The molecule has 0 saturated heterocycles. The Balaban J connectivity index is 1.88. The van der Waals surface area contributed by atoms with Crippen molar-refractivity contribution in [1.29, 1.82) is 0 Å². The molecule has 154 valence electrons. The van der Waals surface area contributed by atoms with Crippen LogP contribution in [0.5, 0.6) is 5.75 Å². The Morgan fingerprint density at radius 3 is 2.47 bits per heavy atom. The Morgan fingerprint density at radius 1 is 0.933 bits per heavy atom. The zero-order chi connectivity index (χ0) is 21.5. The normalized spacial score (nSPS) is 15.1. The molecule has 1 aliphatic rings. The topological polar surface area (TPSA) is 66.9 Å². The van der Waals surface area contributed by atoms with Gasteiger partial charge in [-0.15, -0.1) is 0 Å². The number of ether oxygens (including phenoxy) is 1. The van der Waals surface area contributed by atoms with E-state index in [-0.39, 0.29) is 17.1 Å². The van der Waals surface area contributed by atoms with Crippen LogP contribution in [-0.2, 0) is 16.6 Å². The van der Waals surface area contributed by atoms with Crippen LogP contribution < -0.4 is 13.9 Å². The Kier molecular flexibility index (Phi) is 4.90. The maximum absolute atomic E-state index is 14.4. The first-order chi connectivity index (χ1) is 14.3. The van der Waals surface area contributed by atoms with Gasteiger partial charge in [-0.3, -0.25) is 4.90 Å². The van der Waals surface area contributed by atoms with Crippen LogP contribution >= 0.6 is 0 Å². The molecule has 0 aromatic heterocycles. The molecule has 30 heavy (non-hydrogen) atoms. The minimum Gasteiger partial charge on any atom is -0.497 e. The van der Waals surface area contributed by atoms with E-state index >= 15 is 0 Å². The molecule has 0 saturated carbocycles. The Hall–Kier alpha value is -3.46. The lowest BCUT2D eigenvalue weighted by atomic mass is 10.2. The molecule has 1 aliphatic heterocycles. The van der Waals surface area contributed by atoms with E-state index in [0.29, 0.717) is 21.7 Å². The fraction of sp³-hybridized carbons (Fsp3) is 0.0952. The highest BCUT2D eigenvalue weighted by Crippen LogP contribution is 2.39. The fourth-order valence-electron chi connectivity index (χ4n) is 3.29. The van der Waals surface area contributed by atoms with Crippen LogP contribution in [0.15, 0.2) is 71.6 Å². The molecule has 3 aromatic rings. The number of carbonyl (C=O) groups excluding carboxylic acids is 1. The lowest BCUT2D eigenvalue weighted by molar-refractivity contribution is 0.253. The van der Waals surface area contributed by atoms with E-state index in [2.05, 4.69) is 0 Å². The minimum atomic E-state index is -4.45. The number of fused-ring (bicyclic) bond motifs is 1. The van der Waals surface area contributed by atoms with E-state index in [0.717, 1.165) is 12.1 Å². The zero-order valence-corrected chi connectivity index (χ0v) is 16.6. The standard InChI is InChI=1S/C21H16F2N2O4S/c1-29-16-6-4-5-14(11-16)13-24-18-7-2-3-8-20(18)30(27,28)25(21(24)26)19-12-15(22)9-10-17(19)23/h2-12H,13H2,1H3. The Morgan fingerprint density at radius 2 is 1.70 bits per heavy atom. The molecule has 4 rings (SSSR count). The molecule has 0 atom stereocenters. The predicted molar refractivity (Wildman–Crippen MR) is 107 cm³/mol. The van der Waals surface area contributed by atoms with E-state index in [1.165, 1.54) is 30.2 Å². The van der Waals surface area contributed by atoms with Gasteiger partial charge in [-0.25, -0.2) is 22.0 Å². The molecular formula is C21H16F2N2O4S. The molecular weight excluding hydrogens is 414 g/mol. The number of sulfonamides is 1. The van der Waals surface area contributed by atoms with Gasteiger partial charge in [0, 0.05) is 6.07 Å². The van der Waals surface area contributed by atoms with Crippen molar-refractivity contribution in [3.05, 3.63) is 83.9 Å². The van der Waals surface area contributed by atoms with E-state index in [9.17, 15) is 22.0 Å². The second-order valence-corrected chi connectivity index (χ2v) is 8.31. The molecule has 0 N–H and O–H groups in total. The highest BCUT2D eigenvalue weighted by atomic mass is 32.2. The van der Waals surface area contributed by atoms with Gasteiger partial charge in [0.05, 0.1) is 19.3 Å². The van der Waals surface area contributed by atoms with Gasteiger partial charge < -0.3 is 4.74 Å². The summed E-state index contributed by atoms with van der Waals surface area (Å²) in [5, 5.41) is 0. The second-order valence-electron chi connectivity index (χ2n) is 6.55. The van der Waals surface area contributed by atoms with Crippen LogP contribution in [0.4, 0.5) is 25.0 Å². The summed E-state index contributed by atoms with van der Waals surface area (Å²) in [6.07, 6.45) is 0. The molecule has 0 unspecified atom stereocenters. The zero-order valence-electron chi connectivity index (χ0n) is 15.7. The first-order valence-corrected chi connectivity index (χ1v) is 10.3. The molecule has 0 radical (unpaired) electrons. The summed E-state index contributed by atoms with van der Waals surface area (Å²) in [6.45, 7) is -0.00397. The lowest BCUT2D eigenvalue weighted by Gasteiger charge is -2.36. The summed E-state index contributed by atoms with van der Waals surface area (Å²) >= 11 is 0.